The largest absolute Gasteiger partial charge is 0.444 e. The molecule has 0 radical (unpaired) electrons. The van der Waals surface area contributed by atoms with Gasteiger partial charge in [-0.2, -0.15) is 0 Å². The average Bonchev–Trinajstić information content (AvgIpc) is 2.99. The van der Waals surface area contributed by atoms with E-state index in [1.807, 2.05) is 20.8 Å². The number of benzene rings is 1. The average molecular weight is 411 g/mol. The number of anilines is 1. The molecule has 3 rings (SSSR count). The number of nitrogens with zero attached hydrogens (tertiary/aromatic N) is 3. The lowest BCUT2D eigenvalue weighted by atomic mass is 10.2. The number of rotatable bonds is 2. The van der Waals surface area contributed by atoms with Crippen LogP contribution in [0.25, 0.3) is 0 Å². The zero-order valence-corrected chi connectivity index (χ0v) is 16.8. The van der Waals surface area contributed by atoms with E-state index in [0.29, 0.717) is 40.3 Å². The highest BCUT2D eigenvalue weighted by atomic mass is 35.5. The predicted molar refractivity (Wildman–Crippen MR) is 103 cm³/mol. The summed E-state index contributed by atoms with van der Waals surface area (Å²) in [5, 5.41) is 3.61. The molecule has 144 valence electrons. The fraction of sp³-hybridized carbons (Fsp3) is 0.389. The number of carbonyl (C=O) groups is 2. The summed E-state index contributed by atoms with van der Waals surface area (Å²) in [6, 6.07) is 4.84. The first-order valence-electron chi connectivity index (χ1n) is 8.43. The highest BCUT2D eigenvalue weighted by Crippen LogP contribution is 2.26. The minimum absolute atomic E-state index is 0.278. The molecule has 27 heavy (non-hydrogen) atoms. The third kappa shape index (κ3) is 4.54. The standard InChI is InChI=1S/C18H20Cl2N4O3/c1-18(2,3)27-17(26)23-6-7-24-14(9-21-15(24)10-23)16(25)22-13-8-11(19)4-5-12(13)20/h4-5,8-9H,6-7,10H2,1-3H3,(H,22,25). The third-order valence-corrected chi connectivity index (χ3v) is 4.49. The van der Waals surface area contributed by atoms with Crippen molar-refractivity contribution in [1.29, 1.82) is 0 Å². The second-order valence-electron chi connectivity index (χ2n) is 7.19. The van der Waals surface area contributed by atoms with E-state index >= 15 is 0 Å². The summed E-state index contributed by atoms with van der Waals surface area (Å²) in [5.41, 5.74) is 0.256. The molecule has 2 aromatic rings. The van der Waals surface area contributed by atoms with Gasteiger partial charge in [-0.15, -0.1) is 0 Å². The van der Waals surface area contributed by atoms with Gasteiger partial charge in [-0.05, 0) is 39.0 Å². The maximum atomic E-state index is 12.6. The van der Waals surface area contributed by atoms with Gasteiger partial charge in [0, 0.05) is 18.1 Å². The molecule has 1 aliphatic heterocycles. The molecule has 1 aromatic heterocycles. The summed E-state index contributed by atoms with van der Waals surface area (Å²) in [4.78, 5) is 30.7. The summed E-state index contributed by atoms with van der Waals surface area (Å²) in [7, 11) is 0. The molecule has 0 atom stereocenters. The minimum atomic E-state index is -0.564. The Hall–Kier alpha value is -2.25. The summed E-state index contributed by atoms with van der Waals surface area (Å²) in [5.74, 6) is 0.276. The van der Waals surface area contributed by atoms with Crippen molar-refractivity contribution >= 4 is 40.9 Å². The van der Waals surface area contributed by atoms with Crippen LogP contribution in [0, 0.1) is 0 Å². The lowest BCUT2D eigenvalue weighted by Crippen LogP contribution is -2.42. The lowest BCUT2D eigenvalue weighted by Gasteiger charge is -2.30. The van der Waals surface area contributed by atoms with Crippen molar-refractivity contribution in [1.82, 2.24) is 14.5 Å². The van der Waals surface area contributed by atoms with E-state index in [9.17, 15) is 9.59 Å². The van der Waals surface area contributed by atoms with Crippen molar-refractivity contribution in [2.45, 2.75) is 39.5 Å². The van der Waals surface area contributed by atoms with Crippen LogP contribution in [0.15, 0.2) is 24.4 Å². The van der Waals surface area contributed by atoms with E-state index in [4.69, 9.17) is 27.9 Å². The molecule has 1 aliphatic rings. The maximum absolute atomic E-state index is 12.6. The number of amides is 2. The Kier molecular flexibility index (Phi) is 5.35. The molecule has 1 N–H and O–H groups in total. The van der Waals surface area contributed by atoms with Gasteiger partial charge in [0.2, 0.25) is 0 Å². The van der Waals surface area contributed by atoms with Crippen LogP contribution in [0.2, 0.25) is 10.0 Å². The topological polar surface area (TPSA) is 76.5 Å². The SMILES string of the molecule is CC(C)(C)OC(=O)N1CCn2c(C(=O)Nc3cc(Cl)ccc3Cl)cnc2C1. The number of halogens is 2. The van der Waals surface area contributed by atoms with Crippen LogP contribution in [0.3, 0.4) is 0 Å². The van der Waals surface area contributed by atoms with Gasteiger partial charge >= 0.3 is 6.09 Å². The zero-order chi connectivity index (χ0) is 19.8. The van der Waals surface area contributed by atoms with E-state index in [1.54, 1.807) is 27.7 Å². The van der Waals surface area contributed by atoms with Crippen molar-refractivity contribution in [2.24, 2.45) is 0 Å². The Morgan fingerprint density at radius 1 is 1.22 bits per heavy atom. The minimum Gasteiger partial charge on any atom is -0.444 e. The molecule has 1 aromatic carbocycles. The first-order chi connectivity index (χ1) is 12.6. The van der Waals surface area contributed by atoms with E-state index in [-0.39, 0.29) is 12.5 Å². The smallest absolute Gasteiger partial charge is 0.410 e. The molecular weight excluding hydrogens is 391 g/mol. The molecule has 2 heterocycles. The van der Waals surface area contributed by atoms with Crippen LogP contribution in [-0.4, -0.2) is 38.6 Å². The predicted octanol–water partition coefficient (Wildman–Crippen LogP) is 4.19. The molecule has 0 spiro atoms. The fourth-order valence-corrected chi connectivity index (χ4v) is 3.04. The molecule has 2 amide bonds. The van der Waals surface area contributed by atoms with Gasteiger partial charge < -0.3 is 14.6 Å². The molecule has 0 saturated carbocycles. The third-order valence-electron chi connectivity index (χ3n) is 3.92. The first-order valence-corrected chi connectivity index (χ1v) is 9.18. The number of fused-ring (bicyclic) bond motifs is 1. The van der Waals surface area contributed by atoms with Gasteiger partial charge in [-0.25, -0.2) is 9.78 Å². The quantitative estimate of drug-likeness (QED) is 0.804. The van der Waals surface area contributed by atoms with Crippen LogP contribution in [0.5, 0.6) is 0 Å². The Labute approximate surface area is 167 Å². The number of nitrogens with one attached hydrogen (secondary N) is 1. The normalized spacial score (nSPS) is 13.9. The number of hydrogen-bond donors (Lipinski definition) is 1. The molecule has 0 aliphatic carbocycles. The van der Waals surface area contributed by atoms with E-state index < -0.39 is 11.7 Å². The lowest BCUT2D eigenvalue weighted by molar-refractivity contribution is 0.0195. The number of imidazole rings is 1. The van der Waals surface area contributed by atoms with E-state index in [0.717, 1.165) is 0 Å². The number of ether oxygens (including phenoxy) is 1. The van der Waals surface area contributed by atoms with Gasteiger partial charge in [0.25, 0.3) is 5.91 Å². The van der Waals surface area contributed by atoms with Crippen LogP contribution >= 0.6 is 23.2 Å². The Balaban J connectivity index is 1.73. The number of aromatic nitrogens is 2. The van der Waals surface area contributed by atoms with Crippen LogP contribution in [0.1, 0.15) is 37.1 Å². The number of carbonyl (C=O) groups excluding carboxylic acids is 2. The van der Waals surface area contributed by atoms with E-state index in [1.165, 1.54) is 6.20 Å². The van der Waals surface area contributed by atoms with Gasteiger partial charge in [0.15, 0.2) is 0 Å². The maximum Gasteiger partial charge on any atom is 0.410 e. The molecule has 0 bridgehead atoms. The van der Waals surface area contributed by atoms with Gasteiger partial charge in [-0.1, -0.05) is 23.2 Å². The molecule has 0 fully saturated rings. The highest BCUT2D eigenvalue weighted by Gasteiger charge is 2.28. The fourth-order valence-electron chi connectivity index (χ4n) is 2.70. The molecular formula is C18H20Cl2N4O3. The van der Waals surface area contributed by atoms with Crippen molar-refractivity contribution in [2.75, 3.05) is 11.9 Å². The molecule has 0 saturated heterocycles. The molecule has 9 heteroatoms. The second-order valence-corrected chi connectivity index (χ2v) is 8.04. The van der Waals surface area contributed by atoms with Crippen LogP contribution in [-0.2, 0) is 17.8 Å². The highest BCUT2D eigenvalue weighted by molar-refractivity contribution is 6.35. The summed E-state index contributed by atoms with van der Waals surface area (Å²) in [6.07, 6.45) is 1.09. The molecule has 7 nitrogen and oxygen atoms in total. The summed E-state index contributed by atoms with van der Waals surface area (Å²) >= 11 is 12.1. The van der Waals surface area contributed by atoms with Gasteiger partial charge in [0.05, 0.1) is 23.5 Å². The first kappa shape index (κ1) is 19.5. The monoisotopic (exact) mass is 410 g/mol. The second kappa shape index (κ2) is 7.40. The van der Waals surface area contributed by atoms with Crippen LogP contribution < -0.4 is 5.32 Å². The van der Waals surface area contributed by atoms with Crippen molar-refractivity contribution in [3.63, 3.8) is 0 Å². The van der Waals surface area contributed by atoms with Crippen molar-refractivity contribution in [3.05, 3.63) is 46.0 Å². The van der Waals surface area contributed by atoms with Crippen LogP contribution in [0.4, 0.5) is 10.5 Å². The van der Waals surface area contributed by atoms with Gasteiger partial charge in [0.1, 0.15) is 17.1 Å². The molecule has 0 unspecified atom stereocenters. The van der Waals surface area contributed by atoms with Gasteiger partial charge in [-0.3, -0.25) is 9.69 Å². The van der Waals surface area contributed by atoms with E-state index in [2.05, 4.69) is 10.3 Å². The summed E-state index contributed by atoms with van der Waals surface area (Å²) < 4.78 is 7.18. The Bertz CT molecular complexity index is 889. The Morgan fingerprint density at radius 2 is 1.96 bits per heavy atom. The Morgan fingerprint density at radius 3 is 2.67 bits per heavy atom. The van der Waals surface area contributed by atoms with Crippen molar-refractivity contribution in [3.8, 4) is 0 Å². The van der Waals surface area contributed by atoms with Crippen molar-refractivity contribution < 1.29 is 14.3 Å². The summed E-state index contributed by atoms with van der Waals surface area (Å²) in [6.45, 7) is 6.61. The number of hydrogen-bond acceptors (Lipinski definition) is 4. The zero-order valence-electron chi connectivity index (χ0n) is 15.3.